The van der Waals surface area contributed by atoms with Gasteiger partial charge in [0.25, 0.3) is 5.91 Å². The first-order valence-electron chi connectivity index (χ1n) is 5.96. The Balaban J connectivity index is 2.20. The second kappa shape index (κ2) is 6.29. The molecule has 0 atom stereocenters. The molecule has 1 aromatic heterocycles. The monoisotopic (exact) mass is 307 g/mol. The minimum Gasteiger partial charge on any atom is -0.345 e. The summed E-state index contributed by atoms with van der Waals surface area (Å²) in [5, 5.41) is 16.3. The Kier molecular flexibility index (Phi) is 4.45. The van der Waals surface area contributed by atoms with Gasteiger partial charge in [-0.15, -0.1) is 11.3 Å². The Labute approximate surface area is 124 Å². The van der Waals surface area contributed by atoms with Crippen LogP contribution < -0.4 is 16.6 Å². The van der Waals surface area contributed by atoms with E-state index in [9.17, 15) is 14.9 Å². The maximum absolute atomic E-state index is 12.1. The van der Waals surface area contributed by atoms with E-state index in [1.54, 1.807) is 0 Å². The number of nitrogens with two attached hydrogens (primary N) is 1. The summed E-state index contributed by atoms with van der Waals surface area (Å²) in [5.74, 6) is 4.68. The van der Waals surface area contributed by atoms with Crippen LogP contribution in [0.15, 0.2) is 23.6 Å². The Morgan fingerprint density at radius 3 is 2.86 bits per heavy atom. The molecule has 0 saturated carbocycles. The van der Waals surface area contributed by atoms with E-state index in [4.69, 9.17) is 5.84 Å². The van der Waals surface area contributed by atoms with Crippen molar-refractivity contribution in [3.8, 4) is 0 Å². The fraction of sp³-hybridized carbons (Fsp3) is 0.167. The molecule has 4 N–H and O–H groups in total. The predicted molar refractivity (Wildman–Crippen MR) is 78.9 cm³/mol. The number of nitrogens with zero attached hydrogens (tertiary/aromatic N) is 2. The van der Waals surface area contributed by atoms with Crippen LogP contribution >= 0.6 is 11.3 Å². The SMILES string of the molecule is Cc1csc(CNC(=O)c2cccc(NN)c2[N+](=O)[O-])n1. The predicted octanol–water partition coefficient (Wildman–Crippen LogP) is 1.58. The molecule has 8 nitrogen and oxygen atoms in total. The zero-order chi connectivity index (χ0) is 15.4. The Hall–Kier alpha value is -2.52. The number of nitrogens with one attached hydrogen (secondary N) is 2. The summed E-state index contributed by atoms with van der Waals surface area (Å²) < 4.78 is 0. The smallest absolute Gasteiger partial charge is 0.306 e. The fourth-order valence-electron chi connectivity index (χ4n) is 1.77. The van der Waals surface area contributed by atoms with Crippen molar-refractivity contribution in [3.05, 3.63) is 50.0 Å². The minimum absolute atomic E-state index is 0.0521. The lowest BCUT2D eigenvalue weighted by molar-refractivity contribution is -0.384. The fourth-order valence-corrected chi connectivity index (χ4v) is 2.49. The number of amides is 1. The largest absolute Gasteiger partial charge is 0.345 e. The quantitative estimate of drug-likeness (QED) is 0.438. The maximum Gasteiger partial charge on any atom is 0.306 e. The summed E-state index contributed by atoms with van der Waals surface area (Å²) >= 11 is 1.41. The van der Waals surface area contributed by atoms with Gasteiger partial charge >= 0.3 is 5.69 Å². The molecular formula is C12H13N5O3S. The molecule has 0 fully saturated rings. The summed E-state index contributed by atoms with van der Waals surface area (Å²) in [5.41, 5.74) is 2.76. The molecule has 1 aromatic carbocycles. The molecule has 2 aromatic rings. The van der Waals surface area contributed by atoms with Gasteiger partial charge < -0.3 is 10.7 Å². The van der Waals surface area contributed by atoms with Crippen molar-refractivity contribution in [2.24, 2.45) is 5.84 Å². The number of rotatable bonds is 5. The maximum atomic E-state index is 12.1. The molecule has 21 heavy (non-hydrogen) atoms. The van der Waals surface area contributed by atoms with Crippen LogP contribution in [0.4, 0.5) is 11.4 Å². The number of hydrazine groups is 1. The molecule has 0 spiro atoms. The van der Waals surface area contributed by atoms with Crippen molar-refractivity contribution in [1.82, 2.24) is 10.3 Å². The summed E-state index contributed by atoms with van der Waals surface area (Å²) in [4.78, 5) is 26.8. The summed E-state index contributed by atoms with van der Waals surface area (Å²) in [7, 11) is 0. The second-order valence-corrected chi connectivity index (χ2v) is 5.11. The van der Waals surface area contributed by atoms with E-state index in [0.29, 0.717) is 0 Å². The molecule has 0 saturated heterocycles. The molecular weight excluding hydrogens is 294 g/mol. The molecule has 0 aliphatic carbocycles. The number of anilines is 1. The molecule has 0 unspecified atom stereocenters. The van der Waals surface area contributed by atoms with Crippen molar-refractivity contribution < 1.29 is 9.72 Å². The van der Waals surface area contributed by atoms with Crippen LogP contribution in [0.5, 0.6) is 0 Å². The number of aryl methyl sites for hydroxylation is 1. The van der Waals surface area contributed by atoms with Gasteiger partial charge in [0.2, 0.25) is 0 Å². The standard InChI is InChI=1S/C12H13N5O3S/c1-7-6-21-10(15-7)5-14-12(18)8-3-2-4-9(16-13)11(8)17(19)20/h2-4,6,16H,5,13H2,1H3,(H,14,18). The van der Waals surface area contributed by atoms with E-state index in [1.165, 1.54) is 29.5 Å². The molecule has 9 heteroatoms. The third-order valence-corrected chi connectivity index (χ3v) is 3.65. The van der Waals surface area contributed by atoms with E-state index in [-0.39, 0.29) is 23.5 Å². The van der Waals surface area contributed by atoms with Crippen LogP contribution in [0.2, 0.25) is 0 Å². The van der Waals surface area contributed by atoms with Crippen LogP contribution in [-0.4, -0.2) is 15.8 Å². The van der Waals surface area contributed by atoms with Gasteiger partial charge in [0, 0.05) is 11.1 Å². The number of thiazole rings is 1. The van der Waals surface area contributed by atoms with Gasteiger partial charge in [0.05, 0.1) is 11.5 Å². The van der Waals surface area contributed by atoms with Crippen molar-refractivity contribution >= 4 is 28.6 Å². The number of para-hydroxylation sites is 1. The lowest BCUT2D eigenvalue weighted by Gasteiger charge is -2.07. The first-order valence-corrected chi connectivity index (χ1v) is 6.84. The molecule has 0 radical (unpaired) electrons. The number of carbonyl (C=O) groups is 1. The van der Waals surface area contributed by atoms with E-state index < -0.39 is 10.8 Å². The van der Waals surface area contributed by atoms with E-state index >= 15 is 0 Å². The van der Waals surface area contributed by atoms with Gasteiger partial charge in [-0.3, -0.25) is 20.8 Å². The van der Waals surface area contributed by atoms with Gasteiger partial charge in [0.1, 0.15) is 16.3 Å². The van der Waals surface area contributed by atoms with Gasteiger partial charge in [-0.1, -0.05) is 6.07 Å². The number of hydrogen-bond acceptors (Lipinski definition) is 7. The first kappa shape index (κ1) is 14.9. The molecule has 0 bridgehead atoms. The number of nitrogen functional groups attached to an aromatic ring is 1. The molecule has 0 aliphatic rings. The van der Waals surface area contributed by atoms with Crippen molar-refractivity contribution in [1.29, 1.82) is 0 Å². The van der Waals surface area contributed by atoms with Gasteiger partial charge in [0.15, 0.2) is 0 Å². The highest BCUT2D eigenvalue weighted by Crippen LogP contribution is 2.27. The lowest BCUT2D eigenvalue weighted by atomic mass is 10.1. The number of aromatic nitrogens is 1. The molecule has 0 aliphatic heterocycles. The van der Waals surface area contributed by atoms with Crippen LogP contribution in [0.3, 0.4) is 0 Å². The zero-order valence-electron chi connectivity index (χ0n) is 11.1. The van der Waals surface area contributed by atoms with Crippen LogP contribution in [0.1, 0.15) is 21.1 Å². The van der Waals surface area contributed by atoms with Gasteiger partial charge in [-0.2, -0.15) is 0 Å². The highest BCUT2D eigenvalue weighted by Gasteiger charge is 2.24. The molecule has 110 valence electrons. The van der Waals surface area contributed by atoms with Crippen molar-refractivity contribution in [2.45, 2.75) is 13.5 Å². The molecule has 2 rings (SSSR count). The molecule has 1 heterocycles. The van der Waals surface area contributed by atoms with Crippen molar-refractivity contribution in [3.63, 3.8) is 0 Å². The van der Waals surface area contributed by atoms with Gasteiger partial charge in [-0.25, -0.2) is 4.98 Å². The third-order valence-electron chi connectivity index (χ3n) is 2.69. The summed E-state index contributed by atoms with van der Waals surface area (Å²) in [6.07, 6.45) is 0. The van der Waals surface area contributed by atoms with E-state index in [0.717, 1.165) is 10.7 Å². The molecule has 1 amide bonds. The number of benzene rings is 1. The van der Waals surface area contributed by atoms with Crippen LogP contribution in [0.25, 0.3) is 0 Å². The Bertz CT molecular complexity index is 685. The number of nitro groups is 1. The summed E-state index contributed by atoms with van der Waals surface area (Å²) in [6, 6.07) is 4.32. The minimum atomic E-state index is -0.641. The Morgan fingerprint density at radius 1 is 1.52 bits per heavy atom. The van der Waals surface area contributed by atoms with E-state index in [2.05, 4.69) is 15.7 Å². The lowest BCUT2D eigenvalue weighted by Crippen LogP contribution is -2.24. The van der Waals surface area contributed by atoms with Crippen molar-refractivity contribution in [2.75, 3.05) is 5.43 Å². The number of hydrogen-bond donors (Lipinski definition) is 3. The highest BCUT2D eigenvalue weighted by atomic mass is 32.1. The topological polar surface area (TPSA) is 123 Å². The normalized spacial score (nSPS) is 10.2. The highest BCUT2D eigenvalue weighted by molar-refractivity contribution is 7.09. The van der Waals surface area contributed by atoms with Gasteiger partial charge in [-0.05, 0) is 19.1 Å². The van der Waals surface area contributed by atoms with E-state index in [1.807, 2.05) is 12.3 Å². The number of carbonyl (C=O) groups excluding carboxylic acids is 1. The number of nitro benzene ring substituents is 1. The zero-order valence-corrected chi connectivity index (χ0v) is 11.9. The second-order valence-electron chi connectivity index (χ2n) is 4.17. The average molecular weight is 307 g/mol. The third kappa shape index (κ3) is 3.33. The average Bonchev–Trinajstić information content (AvgIpc) is 2.89. The van der Waals surface area contributed by atoms with Crippen LogP contribution in [-0.2, 0) is 6.54 Å². The first-order chi connectivity index (χ1) is 10.0. The summed E-state index contributed by atoms with van der Waals surface area (Å²) in [6.45, 7) is 2.07. The van der Waals surface area contributed by atoms with Crippen LogP contribution in [0, 0.1) is 17.0 Å². The Morgan fingerprint density at radius 2 is 2.29 bits per heavy atom.